The lowest BCUT2D eigenvalue weighted by atomic mass is 9.84. The van der Waals surface area contributed by atoms with Crippen LogP contribution in [0, 0.1) is 5.82 Å². The van der Waals surface area contributed by atoms with E-state index in [0.717, 1.165) is 33.8 Å². The van der Waals surface area contributed by atoms with E-state index in [1.807, 2.05) is 18.2 Å². The lowest BCUT2D eigenvalue weighted by molar-refractivity contribution is 0.628. The molecule has 0 bridgehead atoms. The topological polar surface area (TPSA) is 3.24 Å². The van der Waals surface area contributed by atoms with E-state index in [4.69, 9.17) is 0 Å². The van der Waals surface area contributed by atoms with Crippen LogP contribution in [-0.4, -0.2) is 0 Å². The summed E-state index contributed by atoms with van der Waals surface area (Å²) in [6.45, 7) is 0. The summed E-state index contributed by atoms with van der Waals surface area (Å²) in [6, 6.07) is 81.1. The summed E-state index contributed by atoms with van der Waals surface area (Å²) < 4.78 is 14.2. The molecule has 11 aromatic carbocycles. The summed E-state index contributed by atoms with van der Waals surface area (Å²) in [5.74, 6) is -0.260. The van der Waals surface area contributed by atoms with Crippen molar-refractivity contribution in [3.63, 3.8) is 0 Å². The Balaban J connectivity index is 1.07. The van der Waals surface area contributed by atoms with Crippen LogP contribution < -0.4 is 4.90 Å². The van der Waals surface area contributed by atoms with Crippen molar-refractivity contribution in [3.8, 4) is 44.5 Å². The van der Waals surface area contributed by atoms with E-state index in [-0.39, 0.29) is 5.82 Å². The summed E-state index contributed by atoms with van der Waals surface area (Å²) >= 11 is 0. The molecule has 11 rings (SSSR count). The maximum atomic E-state index is 14.2. The Morgan fingerprint density at radius 1 is 0.250 bits per heavy atom. The Bertz CT molecular complexity index is 3350. The molecular weight excluding hydrogens is 730 g/mol. The van der Waals surface area contributed by atoms with Gasteiger partial charge in [-0.15, -0.1) is 0 Å². The summed E-state index contributed by atoms with van der Waals surface area (Å²) in [4.78, 5) is 2.18. The van der Waals surface area contributed by atoms with Crippen molar-refractivity contribution in [2.24, 2.45) is 0 Å². The molecule has 0 aliphatic rings. The van der Waals surface area contributed by atoms with Crippen LogP contribution >= 0.6 is 0 Å². The van der Waals surface area contributed by atoms with Crippen LogP contribution in [0.25, 0.3) is 87.6 Å². The molecule has 11 aromatic rings. The van der Waals surface area contributed by atoms with Crippen LogP contribution in [0.1, 0.15) is 0 Å². The van der Waals surface area contributed by atoms with Gasteiger partial charge < -0.3 is 4.90 Å². The smallest absolute Gasteiger partial charge is 0.123 e. The van der Waals surface area contributed by atoms with Crippen molar-refractivity contribution in [1.29, 1.82) is 0 Å². The largest absolute Gasteiger partial charge is 0.311 e. The van der Waals surface area contributed by atoms with Gasteiger partial charge in [-0.3, -0.25) is 0 Å². The van der Waals surface area contributed by atoms with Gasteiger partial charge in [0, 0.05) is 17.1 Å². The summed E-state index contributed by atoms with van der Waals surface area (Å²) in [5, 5.41) is 9.79. The molecular formula is C58H38FN. The number of fused-ring (bicyclic) bond motifs is 4. The number of nitrogens with zero attached hydrogens (tertiary/aromatic N) is 1. The van der Waals surface area contributed by atoms with E-state index in [2.05, 4.69) is 205 Å². The third-order valence-corrected chi connectivity index (χ3v) is 11.9. The lowest BCUT2D eigenvalue weighted by Gasteiger charge is -2.26. The fourth-order valence-corrected chi connectivity index (χ4v) is 8.94. The Kier molecular flexibility index (Phi) is 8.75. The Labute approximate surface area is 348 Å². The molecule has 2 heteroatoms. The number of hydrogen-bond acceptors (Lipinski definition) is 1. The fourth-order valence-electron chi connectivity index (χ4n) is 8.94. The maximum Gasteiger partial charge on any atom is 0.123 e. The molecule has 0 saturated carbocycles. The monoisotopic (exact) mass is 767 g/mol. The molecule has 0 radical (unpaired) electrons. The van der Waals surface area contributed by atoms with Crippen LogP contribution in [-0.2, 0) is 0 Å². The van der Waals surface area contributed by atoms with Crippen molar-refractivity contribution < 1.29 is 4.39 Å². The zero-order valence-electron chi connectivity index (χ0n) is 32.8. The molecule has 0 aliphatic carbocycles. The third kappa shape index (κ3) is 6.36. The summed E-state index contributed by atoms with van der Waals surface area (Å²) in [5.41, 5.74) is 12.3. The lowest BCUT2D eigenvalue weighted by Crippen LogP contribution is -2.09. The molecule has 0 fully saturated rings. The Morgan fingerprint density at radius 3 is 1.18 bits per heavy atom. The van der Waals surface area contributed by atoms with Gasteiger partial charge in [0.2, 0.25) is 0 Å². The zero-order valence-corrected chi connectivity index (χ0v) is 32.8. The molecule has 0 saturated heterocycles. The first-order valence-electron chi connectivity index (χ1n) is 20.4. The average molecular weight is 768 g/mol. The second kappa shape index (κ2) is 14.8. The van der Waals surface area contributed by atoms with Gasteiger partial charge >= 0.3 is 0 Å². The van der Waals surface area contributed by atoms with E-state index < -0.39 is 0 Å². The molecule has 0 spiro atoms. The van der Waals surface area contributed by atoms with Crippen LogP contribution in [0.5, 0.6) is 0 Å². The zero-order chi connectivity index (χ0) is 40.0. The van der Waals surface area contributed by atoms with Crippen molar-refractivity contribution in [2.75, 3.05) is 4.90 Å². The Hall–Kier alpha value is -7.81. The van der Waals surface area contributed by atoms with Crippen molar-refractivity contribution in [1.82, 2.24) is 0 Å². The highest BCUT2D eigenvalue weighted by Gasteiger charge is 2.19. The molecule has 0 heterocycles. The number of rotatable bonds is 7. The van der Waals surface area contributed by atoms with Gasteiger partial charge in [-0.05, 0) is 154 Å². The third-order valence-electron chi connectivity index (χ3n) is 11.9. The van der Waals surface area contributed by atoms with Crippen molar-refractivity contribution >= 4 is 60.2 Å². The van der Waals surface area contributed by atoms with Crippen LogP contribution in [0.2, 0.25) is 0 Å². The average Bonchev–Trinajstić information content (AvgIpc) is 3.31. The van der Waals surface area contributed by atoms with E-state index in [1.54, 1.807) is 0 Å². The first kappa shape index (κ1) is 35.4. The molecule has 0 aromatic heterocycles. The van der Waals surface area contributed by atoms with Gasteiger partial charge in [0.25, 0.3) is 0 Å². The standard InChI is InChI=1S/C58H38FN/c59-49-27-33-52(34-28-49)60(50-29-22-42(23-30-50)39-10-2-1-3-11-39)51-31-24-43(25-32-51)46-26-35-55-56(38-46)58(48-21-19-41-13-5-7-15-45(41)37-48)54-17-9-8-16-53(54)57(55)47-20-18-40-12-4-6-14-44(40)36-47/h1-38H. The Morgan fingerprint density at radius 2 is 0.633 bits per heavy atom. The second-order valence-electron chi connectivity index (χ2n) is 15.5. The molecule has 60 heavy (non-hydrogen) atoms. The molecule has 0 amide bonds. The van der Waals surface area contributed by atoms with E-state index >= 15 is 0 Å². The number of benzene rings is 11. The van der Waals surface area contributed by atoms with Crippen molar-refractivity contribution in [2.45, 2.75) is 0 Å². The molecule has 0 aliphatic heterocycles. The maximum absolute atomic E-state index is 14.2. The normalized spacial score (nSPS) is 11.4. The molecule has 0 atom stereocenters. The second-order valence-corrected chi connectivity index (χ2v) is 15.5. The molecule has 0 unspecified atom stereocenters. The van der Waals surface area contributed by atoms with E-state index in [0.29, 0.717) is 0 Å². The minimum atomic E-state index is -0.260. The van der Waals surface area contributed by atoms with Crippen LogP contribution in [0.4, 0.5) is 21.5 Å². The van der Waals surface area contributed by atoms with Crippen molar-refractivity contribution in [3.05, 3.63) is 236 Å². The minimum absolute atomic E-state index is 0.260. The highest BCUT2D eigenvalue weighted by Crippen LogP contribution is 2.46. The SMILES string of the molecule is Fc1ccc(N(c2ccc(-c3ccccc3)cc2)c2ccc(-c3ccc4c(-c5ccc6ccccc6c5)c5ccccc5c(-c5ccc6ccccc6c5)c4c3)cc2)cc1. The first-order valence-corrected chi connectivity index (χ1v) is 20.4. The highest BCUT2D eigenvalue weighted by molar-refractivity contribution is 6.22. The summed E-state index contributed by atoms with van der Waals surface area (Å²) in [6.07, 6.45) is 0. The quantitative estimate of drug-likeness (QED) is 0.146. The van der Waals surface area contributed by atoms with Gasteiger partial charge in [0.1, 0.15) is 5.82 Å². The van der Waals surface area contributed by atoms with Gasteiger partial charge in [0.15, 0.2) is 0 Å². The van der Waals surface area contributed by atoms with Crippen LogP contribution in [0.3, 0.4) is 0 Å². The van der Waals surface area contributed by atoms with E-state index in [1.165, 1.54) is 83.0 Å². The predicted molar refractivity (Wildman–Crippen MR) is 253 cm³/mol. The van der Waals surface area contributed by atoms with Crippen LogP contribution in [0.15, 0.2) is 231 Å². The predicted octanol–water partition coefficient (Wildman–Crippen LogP) is 16.6. The molecule has 1 nitrogen and oxygen atoms in total. The first-order chi connectivity index (χ1) is 29.6. The number of hydrogen-bond donors (Lipinski definition) is 0. The molecule has 0 N–H and O–H groups in total. The molecule has 282 valence electrons. The van der Waals surface area contributed by atoms with Gasteiger partial charge in [0.05, 0.1) is 0 Å². The van der Waals surface area contributed by atoms with Gasteiger partial charge in [-0.25, -0.2) is 4.39 Å². The number of halogens is 1. The summed E-state index contributed by atoms with van der Waals surface area (Å²) in [7, 11) is 0. The number of anilines is 3. The van der Waals surface area contributed by atoms with Gasteiger partial charge in [-0.2, -0.15) is 0 Å². The van der Waals surface area contributed by atoms with Gasteiger partial charge in [-0.1, -0.05) is 164 Å². The highest BCUT2D eigenvalue weighted by atomic mass is 19.1. The van der Waals surface area contributed by atoms with E-state index in [9.17, 15) is 4.39 Å². The fraction of sp³-hybridized carbons (Fsp3) is 0. The minimum Gasteiger partial charge on any atom is -0.311 e.